The number of nitrogens with zero attached hydrogens (tertiary/aromatic N) is 3. The second-order valence-corrected chi connectivity index (χ2v) is 9.65. The molecular weight excluding hydrogens is 511 g/mol. The minimum absolute atomic E-state index is 0.0257. The molecule has 1 aliphatic rings. The predicted molar refractivity (Wildman–Crippen MR) is 148 cm³/mol. The van der Waals surface area contributed by atoms with Crippen LogP contribution in [0.25, 0.3) is 10.9 Å². The highest BCUT2D eigenvalue weighted by atomic mass is 35.5. The van der Waals surface area contributed by atoms with Crippen LogP contribution in [0.15, 0.2) is 67.0 Å². The lowest BCUT2D eigenvalue weighted by Crippen LogP contribution is -2.45. The highest BCUT2D eigenvalue weighted by Gasteiger charge is 2.22. The molecule has 1 fully saturated rings. The second kappa shape index (κ2) is 12.0. The van der Waals surface area contributed by atoms with Crippen LogP contribution in [0.1, 0.15) is 5.56 Å². The van der Waals surface area contributed by atoms with Crippen LogP contribution in [0.5, 0.6) is 11.5 Å². The average Bonchev–Trinajstić information content (AvgIpc) is 2.93. The first-order valence-electron chi connectivity index (χ1n) is 12.1. The maximum absolute atomic E-state index is 6.18. The van der Waals surface area contributed by atoms with Crippen molar-refractivity contribution in [3.05, 3.63) is 82.6 Å². The lowest BCUT2D eigenvalue weighted by atomic mass is 10.1. The van der Waals surface area contributed by atoms with Gasteiger partial charge in [0, 0.05) is 36.8 Å². The van der Waals surface area contributed by atoms with Crippen LogP contribution in [0.4, 0.5) is 11.5 Å². The number of hydrogen-bond donors (Lipinski definition) is 1. The molecule has 0 radical (unpaired) electrons. The third-order valence-corrected chi connectivity index (χ3v) is 7.05. The third kappa shape index (κ3) is 6.43. The molecule has 1 atom stereocenters. The van der Waals surface area contributed by atoms with Crippen molar-refractivity contribution in [2.45, 2.75) is 12.5 Å². The zero-order valence-corrected chi connectivity index (χ0v) is 22.0. The standard InChI is InChI=1S/C28H28Cl2N4O3/c1-35-26-14-22-25(31-18-32-28(22)33-20-7-8-23(29)24(30)13-20)15-27(26)37-17-21-16-34(11-12-36-21)10-9-19-5-3-2-4-6-19/h2-8,13-15,18,21H,9-12,16-17H2,1H3,(H,31,32,33). The largest absolute Gasteiger partial charge is 0.493 e. The van der Waals surface area contributed by atoms with Crippen LogP contribution in [0.3, 0.4) is 0 Å². The lowest BCUT2D eigenvalue weighted by Gasteiger charge is -2.32. The monoisotopic (exact) mass is 538 g/mol. The summed E-state index contributed by atoms with van der Waals surface area (Å²) in [4.78, 5) is 11.3. The van der Waals surface area contributed by atoms with Crippen LogP contribution >= 0.6 is 23.2 Å². The molecule has 2 heterocycles. The first-order chi connectivity index (χ1) is 18.1. The van der Waals surface area contributed by atoms with Crippen LogP contribution in [-0.2, 0) is 11.2 Å². The van der Waals surface area contributed by atoms with Crippen LogP contribution in [0, 0.1) is 0 Å². The van der Waals surface area contributed by atoms with E-state index in [-0.39, 0.29) is 6.10 Å². The summed E-state index contributed by atoms with van der Waals surface area (Å²) in [6.07, 6.45) is 2.50. The number of ether oxygens (including phenoxy) is 3. The van der Waals surface area contributed by atoms with Gasteiger partial charge in [-0.3, -0.25) is 4.90 Å². The van der Waals surface area contributed by atoms with E-state index >= 15 is 0 Å². The third-order valence-electron chi connectivity index (χ3n) is 6.31. The highest BCUT2D eigenvalue weighted by Crippen LogP contribution is 2.35. The van der Waals surface area contributed by atoms with Gasteiger partial charge in [-0.05, 0) is 36.2 Å². The smallest absolute Gasteiger partial charge is 0.163 e. The molecule has 1 aliphatic heterocycles. The summed E-state index contributed by atoms with van der Waals surface area (Å²) in [7, 11) is 1.62. The second-order valence-electron chi connectivity index (χ2n) is 8.84. The summed E-state index contributed by atoms with van der Waals surface area (Å²) < 4.78 is 17.8. The van der Waals surface area contributed by atoms with Gasteiger partial charge in [-0.25, -0.2) is 9.97 Å². The van der Waals surface area contributed by atoms with Gasteiger partial charge >= 0.3 is 0 Å². The van der Waals surface area contributed by atoms with E-state index in [9.17, 15) is 0 Å². The summed E-state index contributed by atoms with van der Waals surface area (Å²) in [5.74, 6) is 1.83. The summed E-state index contributed by atoms with van der Waals surface area (Å²) >= 11 is 12.2. The number of fused-ring (bicyclic) bond motifs is 1. The summed E-state index contributed by atoms with van der Waals surface area (Å²) in [6.45, 7) is 3.85. The predicted octanol–water partition coefficient (Wildman–Crippen LogP) is 6.01. The van der Waals surface area contributed by atoms with Crippen molar-refractivity contribution in [3.8, 4) is 11.5 Å². The van der Waals surface area contributed by atoms with Gasteiger partial charge < -0.3 is 19.5 Å². The van der Waals surface area contributed by atoms with Gasteiger partial charge in [0.1, 0.15) is 24.9 Å². The Morgan fingerprint density at radius 2 is 1.89 bits per heavy atom. The minimum Gasteiger partial charge on any atom is -0.493 e. The maximum atomic E-state index is 6.18. The minimum atomic E-state index is -0.0257. The molecule has 1 N–H and O–H groups in total. The first-order valence-corrected chi connectivity index (χ1v) is 12.9. The summed E-state index contributed by atoms with van der Waals surface area (Å²) in [5.41, 5.74) is 2.83. The fraction of sp³-hybridized carbons (Fsp3) is 0.286. The molecule has 0 aliphatic carbocycles. The van der Waals surface area contributed by atoms with Gasteiger partial charge in [-0.1, -0.05) is 53.5 Å². The fourth-order valence-corrected chi connectivity index (χ4v) is 4.64. The van der Waals surface area contributed by atoms with E-state index in [4.69, 9.17) is 37.4 Å². The van der Waals surface area contributed by atoms with E-state index < -0.39 is 0 Å². The molecule has 1 saturated heterocycles. The van der Waals surface area contributed by atoms with E-state index in [0.29, 0.717) is 40.6 Å². The van der Waals surface area contributed by atoms with Crippen molar-refractivity contribution < 1.29 is 14.2 Å². The molecule has 5 rings (SSSR count). The molecule has 1 unspecified atom stereocenters. The molecule has 4 aromatic rings. The van der Waals surface area contributed by atoms with E-state index in [1.54, 1.807) is 19.2 Å². The van der Waals surface area contributed by atoms with E-state index in [0.717, 1.165) is 42.6 Å². The van der Waals surface area contributed by atoms with Crippen molar-refractivity contribution in [1.29, 1.82) is 0 Å². The van der Waals surface area contributed by atoms with Gasteiger partial charge in [-0.2, -0.15) is 0 Å². The van der Waals surface area contributed by atoms with E-state index in [1.807, 2.05) is 24.3 Å². The highest BCUT2D eigenvalue weighted by molar-refractivity contribution is 6.42. The Morgan fingerprint density at radius 1 is 1.03 bits per heavy atom. The normalized spacial score (nSPS) is 16.0. The van der Waals surface area contributed by atoms with Crippen molar-refractivity contribution in [2.75, 3.05) is 45.3 Å². The Bertz CT molecular complexity index is 1360. The van der Waals surface area contributed by atoms with Gasteiger partial charge in [0.2, 0.25) is 0 Å². The number of anilines is 2. The summed E-state index contributed by atoms with van der Waals surface area (Å²) in [5, 5.41) is 5.02. The molecule has 0 saturated carbocycles. The van der Waals surface area contributed by atoms with E-state index in [1.165, 1.54) is 11.9 Å². The molecule has 0 bridgehead atoms. The lowest BCUT2D eigenvalue weighted by molar-refractivity contribution is -0.0477. The SMILES string of the molecule is COc1cc2c(Nc3ccc(Cl)c(Cl)c3)ncnc2cc1OCC1CN(CCc2ccccc2)CCO1. The Balaban J connectivity index is 1.26. The van der Waals surface area contributed by atoms with Crippen LogP contribution < -0.4 is 14.8 Å². The molecule has 0 spiro atoms. The van der Waals surface area contributed by atoms with Gasteiger partial charge in [0.25, 0.3) is 0 Å². The molecule has 192 valence electrons. The Kier molecular flexibility index (Phi) is 8.26. The zero-order chi connectivity index (χ0) is 25.6. The number of benzene rings is 3. The number of methoxy groups -OCH3 is 1. The first kappa shape index (κ1) is 25.5. The molecular formula is C28H28Cl2N4O3. The fourth-order valence-electron chi connectivity index (χ4n) is 4.35. The van der Waals surface area contributed by atoms with Crippen molar-refractivity contribution in [3.63, 3.8) is 0 Å². The van der Waals surface area contributed by atoms with Crippen molar-refractivity contribution in [2.24, 2.45) is 0 Å². The number of halogens is 2. The molecule has 7 nitrogen and oxygen atoms in total. The Hall–Kier alpha value is -3.10. The molecule has 37 heavy (non-hydrogen) atoms. The molecule has 3 aromatic carbocycles. The molecule has 9 heteroatoms. The van der Waals surface area contributed by atoms with Crippen molar-refractivity contribution in [1.82, 2.24) is 14.9 Å². The van der Waals surface area contributed by atoms with E-state index in [2.05, 4.69) is 44.5 Å². The van der Waals surface area contributed by atoms with Crippen LogP contribution in [0.2, 0.25) is 10.0 Å². The van der Waals surface area contributed by atoms with Gasteiger partial charge in [0.15, 0.2) is 11.5 Å². The topological polar surface area (TPSA) is 68.7 Å². The Morgan fingerprint density at radius 3 is 2.70 bits per heavy atom. The van der Waals surface area contributed by atoms with Crippen molar-refractivity contribution >= 4 is 45.6 Å². The number of hydrogen-bond acceptors (Lipinski definition) is 7. The molecule has 1 aromatic heterocycles. The zero-order valence-electron chi connectivity index (χ0n) is 20.5. The molecule has 0 amide bonds. The number of morpholine rings is 1. The number of rotatable bonds is 9. The number of nitrogens with one attached hydrogen (secondary N) is 1. The van der Waals surface area contributed by atoms with Gasteiger partial charge in [0.05, 0.1) is 29.3 Å². The average molecular weight is 539 g/mol. The Labute approximate surface area is 226 Å². The number of aromatic nitrogens is 2. The van der Waals surface area contributed by atoms with Crippen LogP contribution in [-0.4, -0.2) is 60.9 Å². The quantitative estimate of drug-likeness (QED) is 0.279. The maximum Gasteiger partial charge on any atom is 0.163 e. The summed E-state index contributed by atoms with van der Waals surface area (Å²) in [6, 6.07) is 19.6. The van der Waals surface area contributed by atoms with Gasteiger partial charge in [-0.15, -0.1) is 0 Å².